The molecule has 0 spiro atoms. The van der Waals surface area contributed by atoms with Crippen LogP contribution in [0.1, 0.15) is 19.8 Å². The molecule has 0 aliphatic carbocycles. The first-order valence-corrected chi connectivity index (χ1v) is 4.80. The van der Waals surface area contributed by atoms with E-state index in [9.17, 15) is 4.79 Å². The third-order valence-corrected chi connectivity index (χ3v) is 2.37. The van der Waals surface area contributed by atoms with Gasteiger partial charge in [-0.05, 0) is 25.3 Å². The third kappa shape index (κ3) is 4.08. The Morgan fingerprint density at radius 1 is 1.69 bits per heavy atom. The van der Waals surface area contributed by atoms with Gasteiger partial charge in [0, 0.05) is 19.2 Å². The Balaban J connectivity index is 2.24. The number of hydrogen-bond acceptors (Lipinski definition) is 2. The van der Waals surface area contributed by atoms with E-state index in [0.717, 1.165) is 25.6 Å². The summed E-state index contributed by atoms with van der Waals surface area (Å²) in [6.45, 7) is 5.22. The molecule has 1 aliphatic rings. The number of nitrogens with zero attached hydrogens (tertiary/aromatic N) is 1. The first-order valence-electron chi connectivity index (χ1n) is 4.80. The van der Waals surface area contributed by atoms with Crippen molar-refractivity contribution in [2.24, 2.45) is 5.92 Å². The second kappa shape index (κ2) is 5.02. The van der Waals surface area contributed by atoms with E-state index >= 15 is 0 Å². The molecule has 13 heavy (non-hydrogen) atoms. The summed E-state index contributed by atoms with van der Waals surface area (Å²) >= 11 is 0. The lowest BCUT2D eigenvalue weighted by molar-refractivity contribution is -0.131. The van der Waals surface area contributed by atoms with Crippen LogP contribution < -0.4 is 0 Å². The van der Waals surface area contributed by atoms with Crippen LogP contribution in [0.15, 0.2) is 12.2 Å². The van der Waals surface area contributed by atoms with Crippen LogP contribution in [-0.2, 0) is 4.79 Å². The molecule has 3 nitrogen and oxygen atoms in total. The monoisotopic (exact) mass is 183 g/mol. The van der Waals surface area contributed by atoms with Crippen molar-refractivity contribution in [2.75, 3.05) is 19.6 Å². The highest BCUT2D eigenvalue weighted by Crippen LogP contribution is 2.14. The van der Waals surface area contributed by atoms with Gasteiger partial charge in [-0.1, -0.05) is 13.0 Å². The minimum absolute atomic E-state index is 0.756. The van der Waals surface area contributed by atoms with Crippen molar-refractivity contribution in [3.8, 4) is 0 Å². The zero-order valence-corrected chi connectivity index (χ0v) is 8.07. The smallest absolute Gasteiger partial charge is 0.328 e. The lowest BCUT2D eigenvalue weighted by atomic mass is 10.0. The molecule has 1 N–H and O–H groups in total. The maximum atomic E-state index is 10.2. The molecule has 1 rings (SSSR count). The predicted molar refractivity (Wildman–Crippen MR) is 51.6 cm³/mol. The Kier molecular flexibility index (Phi) is 3.96. The van der Waals surface area contributed by atoms with E-state index in [4.69, 9.17) is 5.11 Å². The highest BCUT2D eigenvalue weighted by molar-refractivity contribution is 5.79. The molecule has 1 heterocycles. The maximum absolute atomic E-state index is 10.2. The van der Waals surface area contributed by atoms with E-state index in [1.54, 1.807) is 6.08 Å². The molecular weight excluding hydrogens is 166 g/mol. The lowest BCUT2D eigenvalue weighted by Crippen LogP contribution is -2.34. The quantitative estimate of drug-likeness (QED) is 0.672. The second-order valence-corrected chi connectivity index (χ2v) is 3.75. The summed E-state index contributed by atoms with van der Waals surface area (Å²) in [5.41, 5.74) is 0. The van der Waals surface area contributed by atoms with Crippen LogP contribution in [0.25, 0.3) is 0 Å². The summed E-state index contributed by atoms with van der Waals surface area (Å²) in [4.78, 5) is 12.5. The van der Waals surface area contributed by atoms with Crippen LogP contribution in [0.4, 0.5) is 0 Å². The fourth-order valence-corrected chi connectivity index (χ4v) is 1.76. The largest absolute Gasteiger partial charge is 0.478 e. The first kappa shape index (κ1) is 10.3. The highest BCUT2D eigenvalue weighted by Gasteiger charge is 2.14. The number of piperidine rings is 1. The average Bonchev–Trinajstić information content (AvgIpc) is 2.03. The van der Waals surface area contributed by atoms with Gasteiger partial charge in [0.25, 0.3) is 0 Å². The molecule has 3 heteroatoms. The minimum atomic E-state index is -0.856. The Hall–Kier alpha value is -0.830. The van der Waals surface area contributed by atoms with Crippen molar-refractivity contribution in [1.82, 2.24) is 4.90 Å². The molecule has 1 saturated heterocycles. The zero-order valence-electron chi connectivity index (χ0n) is 8.07. The Morgan fingerprint density at radius 2 is 2.46 bits per heavy atom. The van der Waals surface area contributed by atoms with Gasteiger partial charge in [0.1, 0.15) is 0 Å². The lowest BCUT2D eigenvalue weighted by Gasteiger charge is -2.29. The van der Waals surface area contributed by atoms with Crippen molar-refractivity contribution < 1.29 is 9.90 Å². The van der Waals surface area contributed by atoms with Crippen LogP contribution in [0.3, 0.4) is 0 Å². The van der Waals surface area contributed by atoms with Gasteiger partial charge >= 0.3 is 5.97 Å². The molecule has 0 aromatic heterocycles. The van der Waals surface area contributed by atoms with Crippen molar-refractivity contribution >= 4 is 5.97 Å². The average molecular weight is 183 g/mol. The van der Waals surface area contributed by atoms with Gasteiger partial charge in [0.2, 0.25) is 0 Å². The van der Waals surface area contributed by atoms with Gasteiger partial charge in [-0.3, -0.25) is 4.90 Å². The molecule has 0 aromatic rings. The molecule has 0 saturated carbocycles. The summed E-state index contributed by atoms with van der Waals surface area (Å²) in [5.74, 6) is -0.1000. The summed E-state index contributed by atoms with van der Waals surface area (Å²) in [5, 5.41) is 8.39. The van der Waals surface area contributed by atoms with Crippen LogP contribution >= 0.6 is 0 Å². The molecule has 0 amide bonds. The molecule has 1 aliphatic heterocycles. The van der Waals surface area contributed by atoms with Gasteiger partial charge in [-0.15, -0.1) is 0 Å². The van der Waals surface area contributed by atoms with Gasteiger partial charge in [-0.25, -0.2) is 4.79 Å². The fraction of sp³-hybridized carbons (Fsp3) is 0.700. The van der Waals surface area contributed by atoms with Crippen LogP contribution in [0, 0.1) is 5.92 Å². The normalized spacial score (nSPS) is 25.2. The number of hydrogen-bond donors (Lipinski definition) is 1. The summed E-state index contributed by atoms with van der Waals surface area (Å²) in [6, 6.07) is 0. The molecule has 0 bridgehead atoms. The second-order valence-electron chi connectivity index (χ2n) is 3.75. The van der Waals surface area contributed by atoms with E-state index in [1.165, 1.54) is 18.9 Å². The molecule has 0 radical (unpaired) electrons. The molecule has 1 unspecified atom stereocenters. The van der Waals surface area contributed by atoms with E-state index in [-0.39, 0.29) is 0 Å². The number of aliphatic carboxylic acids is 1. The molecular formula is C10H17NO2. The van der Waals surface area contributed by atoms with Crippen molar-refractivity contribution in [3.63, 3.8) is 0 Å². The van der Waals surface area contributed by atoms with Crippen LogP contribution in [0.2, 0.25) is 0 Å². The molecule has 0 aromatic carbocycles. The van der Waals surface area contributed by atoms with Crippen LogP contribution in [-0.4, -0.2) is 35.6 Å². The van der Waals surface area contributed by atoms with Gasteiger partial charge in [0.15, 0.2) is 0 Å². The van der Waals surface area contributed by atoms with Gasteiger partial charge in [0.05, 0.1) is 0 Å². The fourth-order valence-electron chi connectivity index (χ4n) is 1.76. The van der Waals surface area contributed by atoms with E-state index in [0.29, 0.717) is 0 Å². The van der Waals surface area contributed by atoms with E-state index in [2.05, 4.69) is 11.8 Å². The zero-order chi connectivity index (χ0) is 9.68. The highest BCUT2D eigenvalue weighted by atomic mass is 16.4. The number of carbonyl (C=O) groups is 1. The summed E-state index contributed by atoms with van der Waals surface area (Å²) < 4.78 is 0. The van der Waals surface area contributed by atoms with Crippen molar-refractivity contribution in [1.29, 1.82) is 0 Å². The number of carboxylic acid groups (broad SMARTS) is 1. The number of carboxylic acids is 1. The van der Waals surface area contributed by atoms with Crippen LogP contribution in [0.5, 0.6) is 0 Å². The molecule has 74 valence electrons. The number of rotatable bonds is 3. The SMILES string of the molecule is CC1CCCN(C/C=C/C(=O)O)C1. The van der Waals surface area contributed by atoms with E-state index < -0.39 is 5.97 Å². The topological polar surface area (TPSA) is 40.5 Å². The third-order valence-electron chi connectivity index (χ3n) is 2.37. The summed E-state index contributed by atoms with van der Waals surface area (Å²) in [6.07, 6.45) is 5.49. The van der Waals surface area contributed by atoms with E-state index in [1.807, 2.05) is 0 Å². The number of likely N-dealkylation sites (tertiary alicyclic amines) is 1. The predicted octanol–water partition coefficient (Wildman–Crippen LogP) is 1.36. The van der Waals surface area contributed by atoms with Gasteiger partial charge in [-0.2, -0.15) is 0 Å². The maximum Gasteiger partial charge on any atom is 0.328 e. The first-order chi connectivity index (χ1) is 6.18. The van der Waals surface area contributed by atoms with Crippen molar-refractivity contribution in [3.05, 3.63) is 12.2 Å². The van der Waals surface area contributed by atoms with Crippen molar-refractivity contribution in [2.45, 2.75) is 19.8 Å². The standard InChI is InChI=1S/C10H17NO2/c1-9-4-2-6-11(8-9)7-3-5-10(12)13/h3,5,9H,2,4,6-8H2,1H3,(H,12,13)/b5-3+. The van der Waals surface area contributed by atoms with Gasteiger partial charge < -0.3 is 5.11 Å². The molecule has 1 fully saturated rings. The minimum Gasteiger partial charge on any atom is -0.478 e. The Bertz CT molecular complexity index is 201. The summed E-state index contributed by atoms with van der Waals surface area (Å²) in [7, 11) is 0. The molecule has 1 atom stereocenters. The Labute approximate surface area is 79.0 Å². The Morgan fingerprint density at radius 3 is 3.08 bits per heavy atom.